The fraction of sp³-hybridized carbons (Fsp3) is 0.632. The smallest absolute Gasteiger partial charge is 0.753 e. The van der Waals surface area contributed by atoms with E-state index in [1.165, 1.54) is 40.8 Å². The molecule has 0 aromatic carbocycles. The molecule has 1 aliphatic heterocycles. The van der Waals surface area contributed by atoms with E-state index in [2.05, 4.69) is 91.2 Å². The number of aryl methyl sites for hydroxylation is 4. The number of ether oxygens (including phenoxy) is 1. The van der Waals surface area contributed by atoms with Gasteiger partial charge in [0.25, 0.3) is 0 Å². The van der Waals surface area contributed by atoms with Gasteiger partial charge in [0.1, 0.15) is 8.07 Å². The molecule has 150 valence electrons. The van der Waals surface area contributed by atoms with Crippen molar-refractivity contribution in [1.82, 2.24) is 9.36 Å². The number of thiocarbonyl (C=S) groups is 1. The molecule has 0 unspecified atom stereocenters. The summed E-state index contributed by atoms with van der Waals surface area (Å²) >= 11 is 3.70. The molecule has 0 amide bonds. The number of hydrogen-bond acceptors (Lipinski definition) is 2. The van der Waals surface area contributed by atoms with Gasteiger partial charge in [-0.2, -0.15) is 5.16 Å². The molecule has 0 saturated carbocycles. The van der Waals surface area contributed by atoms with E-state index in [1.54, 1.807) is 0 Å². The van der Waals surface area contributed by atoms with E-state index in [0.29, 0.717) is 5.79 Å². The molecule has 9 heteroatoms. The van der Waals surface area contributed by atoms with Crippen LogP contribution in [0.4, 0.5) is 0 Å². The Bertz CT molecular complexity index is 705. The van der Waals surface area contributed by atoms with Crippen LogP contribution in [0.15, 0.2) is 12.1 Å². The van der Waals surface area contributed by atoms with Gasteiger partial charge >= 0.3 is 18.9 Å². The number of H-pyrrole nitrogens is 2. The van der Waals surface area contributed by atoms with Crippen LogP contribution in [0.25, 0.3) is 5.41 Å². The van der Waals surface area contributed by atoms with E-state index < -0.39 is 8.07 Å². The second kappa shape index (κ2) is 12.5. The monoisotopic (exact) mass is 415 g/mol. The summed E-state index contributed by atoms with van der Waals surface area (Å²) in [5.41, 5.74) is 4.98. The maximum atomic E-state index is 7.13. The summed E-state index contributed by atoms with van der Waals surface area (Å²) in [5, 5.41) is 15.5. The number of isothiocyanates is 1. The van der Waals surface area contributed by atoms with E-state index in [1.807, 2.05) is 0 Å². The number of rotatable bonds is 3. The van der Waals surface area contributed by atoms with Crippen molar-refractivity contribution in [3.8, 4) is 0 Å². The van der Waals surface area contributed by atoms with E-state index in [-0.39, 0.29) is 18.9 Å². The molecule has 0 radical (unpaired) electrons. The Morgan fingerprint density at radius 3 is 1.54 bits per heavy atom. The minimum Gasteiger partial charge on any atom is -0.753 e. The van der Waals surface area contributed by atoms with Crippen LogP contribution in [0.3, 0.4) is 0 Å². The standard InChI is InChI=1S/C14H24N4Si.C4H8O.CNS.Li/c1-10-8-12(3)17(15-10)14(19(5,6)7)18-13(4)9-11(2)16-18;1-2-4-5-3-1;2-1-3;/h8-9,14H,1-7H3;1-4H2;;/q;;-1;+1/p+2. The van der Waals surface area contributed by atoms with Gasteiger partial charge in [-0.15, -0.1) is 19.6 Å². The average Bonchev–Trinajstić information content (AvgIpc) is 3.25. The van der Waals surface area contributed by atoms with Gasteiger partial charge in [0.2, 0.25) is 11.4 Å². The predicted octanol–water partition coefficient (Wildman–Crippen LogP) is 0.535. The molecule has 2 N–H and O–H groups in total. The van der Waals surface area contributed by atoms with E-state index in [4.69, 9.17) is 10.1 Å². The third kappa shape index (κ3) is 8.16. The number of aromatic nitrogens is 4. The molecule has 1 fully saturated rings. The SMILES string of the molecule is C1CCOC1.Cc1cc(C)n(C(n2[nH+]c(C)cc2C)[Si](C)(C)C)[nH+]1.[Li+].[N-]=C=S. The van der Waals surface area contributed by atoms with Gasteiger partial charge in [-0.1, -0.05) is 31.9 Å². The molecule has 2 aromatic heterocycles. The van der Waals surface area contributed by atoms with Gasteiger partial charge in [0.05, 0.1) is 11.4 Å². The van der Waals surface area contributed by atoms with Crippen molar-refractivity contribution in [3.05, 3.63) is 40.3 Å². The second-order valence-electron chi connectivity index (χ2n) is 8.05. The zero-order valence-corrected chi connectivity index (χ0v) is 20.5. The van der Waals surface area contributed by atoms with E-state index in [0.717, 1.165) is 13.2 Å². The summed E-state index contributed by atoms with van der Waals surface area (Å²) < 4.78 is 9.56. The second-order valence-corrected chi connectivity index (χ2v) is 13.5. The van der Waals surface area contributed by atoms with Crippen LogP contribution in [0.1, 0.15) is 41.4 Å². The van der Waals surface area contributed by atoms with Crippen LogP contribution in [0.2, 0.25) is 19.6 Å². The van der Waals surface area contributed by atoms with Gasteiger partial charge < -0.3 is 10.1 Å². The van der Waals surface area contributed by atoms with Crippen molar-refractivity contribution < 1.29 is 33.8 Å². The molecule has 0 bridgehead atoms. The van der Waals surface area contributed by atoms with Crippen LogP contribution in [0, 0.1) is 27.7 Å². The van der Waals surface area contributed by atoms with Crippen molar-refractivity contribution in [2.24, 2.45) is 0 Å². The molecule has 28 heavy (non-hydrogen) atoms. The quantitative estimate of drug-likeness (QED) is 0.417. The van der Waals surface area contributed by atoms with Crippen molar-refractivity contribution >= 4 is 25.5 Å². The molecule has 1 saturated heterocycles. The van der Waals surface area contributed by atoms with Crippen molar-refractivity contribution in [2.45, 2.75) is 66.0 Å². The fourth-order valence-corrected chi connectivity index (χ4v) is 5.38. The van der Waals surface area contributed by atoms with Crippen LogP contribution >= 0.6 is 12.2 Å². The molecule has 3 rings (SSSR count). The Balaban J connectivity index is 0.000000680. The summed E-state index contributed by atoms with van der Waals surface area (Å²) in [6, 6.07) is 4.41. The van der Waals surface area contributed by atoms with Crippen molar-refractivity contribution in [2.75, 3.05) is 13.2 Å². The Labute approximate surface area is 187 Å². The van der Waals surface area contributed by atoms with Gasteiger partial charge in [0.15, 0.2) is 5.79 Å². The van der Waals surface area contributed by atoms with Gasteiger partial charge in [-0.05, 0) is 26.7 Å². The molecular weight excluding hydrogens is 381 g/mol. The Morgan fingerprint density at radius 2 is 1.36 bits per heavy atom. The summed E-state index contributed by atoms with van der Waals surface area (Å²) in [6.07, 6.45) is 2.56. The molecule has 0 spiro atoms. The minimum absolute atomic E-state index is 0. The van der Waals surface area contributed by atoms with Crippen LogP contribution in [-0.4, -0.2) is 35.8 Å². The van der Waals surface area contributed by atoms with E-state index in [9.17, 15) is 0 Å². The molecule has 0 atom stereocenters. The largest absolute Gasteiger partial charge is 1.00 e. The zero-order chi connectivity index (χ0) is 20.6. The third-order valence-corrected chi connectivity index (χ3v) is 6.36. The summed E-state index contributed by atoms with van der Waals surface area (Å²) in [4.78, 5) is 0. The Morgan fingerprint density at radius 1 is 1.00 bits per heavy atom. The summed E-state index contributed by atoms with van der Waals surface area (Å²) in [6.45, 7) is 17.8. The summed E-state index contributed by atoms with van der Waals surface area (Å²) in [7, 11) is -1.44. The Hall–Kier alpha value is -1.01. The number of aromatic amines is 2. The zero-order valence-electron chi connectivity index (χ0n) is 18.7. The molecule has 3 heterocycles. The topological polar surface area (TPSA) is 69.7 Å². The normalized spacial score (nSPS) is 13.0. The van der Waals surface area contributed by atoms with E-state index >= 15 is 0 Å². The van der Waals surface area contributed by atoms with Crippen LogP contribution in [0.5, 0.6) is 0 Å². The maximum absolute atomic E-state index is 7.13. The summed E-state index contributed by atoms with van der Waals surface area (Å²) in [5.74, 6) is 0.342. The predicted molar refractivity (Wildman–Crippen MR) is 115 cm³/mol. The molecule has 1 aliphatic rings. The Kier molecular flexibility index (Phi) is 12.1. The first-order chi connectivity index (χ1) is 12.6. The molecule has 6 nitrogen and oxygen atoms in total. The number of nitrogens with zero attached hydrogens (tertiary/aromatic N) is 3. The first-order valence-electron chi connectivity index (χ1n) is 9.36. The van der Waals surface area contributed by atoms with Crippen LogP contribution in [-0.2, 0) is 4.74 Å². The van der Waals surface area contributed by atoms with Crippen molar-refractivity contribution in [1.29, 1.82) is 0 Å². The third-order valence-electron chi connectivity index (χ3n) is 4.30. The average molecular weight is 416 g/mol. The van der Waals surface area contributed by atoms with Gasteiger partial charge in [-0.3, -0.25) is 0 Å². The minimum atomic E-state index is -1.44. The van der Waals surface area contributed by atoms with Gasteiger partial charge in [-0.25, -0.2) is 0 Å². The molecular formula is C19H34LiN5OSSi+2. The number of hydrogen-bond donors (Lipinski definition) is 0. The maximum Gasteiger partial charge on any atom is 1.00 e. The fourth-order valence-electron chi connectivity index (χ4n) is 3.30. The first-order valence-corrected chi connectivity index (χ1v) is 13.3. The molecule has 2 aromatic rings. The van der Waals surface area contributed by atoms with Crippen LogP contribution < -0.4 is 29.1 Å². The first kappa shape index (κ1) is 27.0. The van der Waals surface area contributed by atoms with Crippen molar-refractivity contribution in [3.63, 3.8) is 0 Å². The molecule has 0 aliphatic carbocycles. The van der Waals surface area contributed by atoms with Gasteiger partial charge in [0, 0.05) is 39.2 Å². The number of nitrogens with one attached hydrogen (secondary N) is 2.